The molecule has 0 radical (unpaired) electrons. The molecular weight excluding hydrogens is 276 g/mol. The van der Waals surface area contributed by atoms with E-state index in [1.807, 2.05) is 31.1 Å². The molecule has 0 saturated carbocycles. The summed E-state index contributed by atoms with van der Waals surface area (Å²) in [4.78, 5) is 18.8. The zero-order valence-corrected chi connectivity index (χ0v) is 13.7. The molecular formula is C14H22N2OS2. The van der Waals surface area contributed by atoms with Crippen LogP contribution in [0.3, 0.4) is 0 Å². The summed E-state index contributed by atoms with van der Waals surface area (Å²) in [6, 6.07) is 3.84. The molecule has 0 spiro atoms. The number of Topliss-reactive ketones (excluding diaryl/α,β-unsaturated/α-hetero) is 1. The molecule has 1 aromatic rings. The average molecular weight is 298 g/mol. The first-order chi connectivity index (χ1) is 9.06. The summed E-state index contributed by atoms with van der Waals surface area (Å²) in [5.41, 5.74) is 0.795. The first-order valence-corrected chi connectivity index (χ1v) is 8.49. The van der Waals surface area contributed by atoms with Crippen LogP contribution in [0.25, 0.3) is 0 Å². The highest BCUT2D eigenvalue weighted by molar-refractivity contribution is 7.99. The Kier molecular flexibility index (Phi) is 7.49. The van der Waals surface area contributed by atoms with Gasteiger partial charge >= 0.3 is 0 Å². The number of hydrogen-bond donors (Lipinski definition) is 0. The van der Waals surface area contributed by atoms with Gasteiger partial charge in [-0.05, 0) is 37.7 Å². The summed E-state index contributed by atoms with van der Waals surface area (Å²) >= 11 is 3.37. The third kappa shape index (κ3) is 5.97. The molecule has 0 aliphatic heterocycles. The minimum Gasteiger partial charge on any atom is -0.309 e. The second kappa shape index (κ2) is 8.61. The van der Waals surface area contributed by atoms with Crippen LogP contribution in [0.1, 0.15) is 30.6 Å². The fraction of sp³-hybridized carbons (Fsp3) is 0.571. The van der Waals surface area contributed by atoms with Crippen molar-refractivity contribution in [3.8, 4) is 0 Å². The third-order valence-corrected chi connectivity index (χ3v) is 4.06. The van der Waals surface area contributed by atoms with Gasteiger partial charge in [-0.25, -0.2) is 4.98 Å². The predicted molar refractivity (Wildman–Crippen MR) is 84.5 cm³/mol. The van der Waals surface area contributed by atoms with Crippen LogP contribution in [0.5, 0.6) is 0 Å². The number of hydrogen-bond acceptors (Lipinski definition) is 5. The van der Waals surface area contributed by atoms with E-state index >= 15 is 0 Å². The molecule has 0 aliphatic rings. The number of pyridine rings is 1. The van der Waals surface area contributed by atoms with Crippen molar-refractivity contribution in [3.05, 3.63) is 17.7 Å². The van der Waals surface area contributed by atoms with Crippen LogP contribution in [0.4, 0.5) is 0 Å². The second-order valence-corrected chi connectivity index (χ2v) is 6.94. The fourth-order valence-electron chi connectivity index (χ4n) is 1.56. The van der Waals surface area contributed by atoms with Crippen LogP contribution in [-0.2, 0) is 0 Å². The molecule has 106 valence electrons. The van der Waals surface area contributed by atoms with Crippen molar-refractivity contribution in [2.45, 2.75) is 30.3 Å². The average Bonchev–Trinajstić information content (AvgIpc) is 2.36. The number of carbonyl (C=O) groups is 1. The largest absolute Gasteiger partial charge is 0.309 e. The van der Waals surface area contributed by atoms with Crippen molar-refractivity contribution in [1.82, 2.24) is 9.88 Å². The lowest BCUT2D eigenvalue weighted by molar-refractivity contribution is 0.0972. The maximum Gasteiger partial charge on any atom is 0.164 e. The number of carbonyl (C=O) groups excluding carboxylic acids is 1. The Balaban J connectivity index is 2.88. The molecule has 0 fully saturated rings. The molecule has 1 rings (SSSR count). The molecule has 0 aromatic carbocycles. The molecule has 1 aromatic heterocycles. The Labute approximate surface area is 124 Å². The van der Waals surface area contributed by atoms with Gasteiger partial charge in [0.05, 0.1) is 10.1 Å². The summed E-state index contributed by atoms with van der Waals surface area (Å²) in [6.45, 7) is 4.98. The van der Waals surface area contributed by atoms with Gasteiger partial charge in [0.2, 0.25) is 0 Å². The van der Waals surface area contributed by atoms with E-state index in [0.717, 1.165) is 33.7 Å². The third-order valence-electron chi connectivity index (χ3n) is 2.47. The number of rotatable bonds is 8. The molecule has 5 heteroatoms. The van der Waals surface area contributed by atoms with E-state index in [-0.39, 0.29) is 5.78 Å². The molecule has 0 aliphatic carbocycles. The van der Waals surface area contributed by atoms with Gasteiger partial charge in [0, 0.05) is 18.5 Å². The number of ketones is 1. The lowest BCUT2D eigenvalue weighted by Gasteiger charge is -2.10. The Hall–Kier alpha value is -0.520. The van der Waals surface area contributed by atoms with Crippen LogP contribution in [0.2, 0.25) is 0 Å². The smallest absolute Gasteiger partial charge is 0.164 e. The van der Waals surface area contributed by atoms with Crippen LogP contribution < -0.4 is 0 Å². The second-order valence-electron chi connectivity index (χ2n) is 4.37. The van der Waals surface area contributed by atoms with E-state index in [4.69, 9.17) is 0 Å². The van der Waals surface area contributed by atoms with Gasteiger partial charge in [-0.1, -0.05) is 13.8 Å². The lowest BCUT2D eigenvalue weighted by atomic mass is 10.1. The van der Waals surface area contributed by atoms with E-state index in [9.17, 15) is 4.79 Å². The summed E-state index contributed by atoms with van der Waals surface area (Å²) in [6.07, 6.45) is 0.559. The Bertz CT molecular complexity index is 398. The van der Waals surface area contributed by atoms with Crippen molar-refractivity contribution in [2.24, 2.45) is 0 Å². The lowest BCUT2D eigenvalue weighted by Crippen LogP contribution is -2.16. The molecule has 19 heavy (non-hydrogen) atoms. The maximum atomic E-state index is 12.2. The van der Waals surface area contributed by atoms with Crippen molar-refractivity contribution in [2.75, 3.05) is 32.1 Å². The minimum atomic E-state index is 0.201. The molecule has 0 N–H and O–H groups in total. The normalized spacial score (nSPS) is 11.0. The Morgan fingerprint density at radius 3 is 2.11 bits per heavy atom. The van der Waals surface area contributed by atoms with Gasteiger partial charge in [-0.2, -0.15) is 0 Å². The van der Waals surface area contributed by atoms with Crippen LogP contribution in [0, 0.1) is 0 Å². The Morgan fingerprint density at radius 2 is 1.68 bits per heavy atom. The SMILES string of the molecule is CCSc1cc(C(=O)CCN(C)C)cc(SCC)n1. The highest BCUT2D eigenvalue weighted by atomic mass is 32.2. The van der Waals surface area contributed by atoms with E-state index in [2.05, 4.69) is 18.8 Å². The number of aromatic nitrogens is 1. The van der Waals surface area contributed by atoms with E-state index in [1.54, 1.807) is 23.5 Å². The van der Waals surface area contributed by atoms with Crippen LogP contribution >= 0.6 is 23.5 Å². The summed E-state index contributed by atoms with van der Waals surface area (Å²) in [7, 11) is 3.97. The molecule has 1 heterocycles. The summed E-state index contributed by atoms with van der Waals surface area (Å²) in [5, 5.41) is 1.91. The van der Waals surface area contributed by atoms with Gasteiger partial charge in [0.15, 0.2) is 5.78 Å². The van der Waals surface area contributed by atoms with E-state index < -0.39 is 0 Å². The monoisotopic (exact) mass is 298 g/mol. The van der Waals surface area contributed by atoms with Gasteiger partial charge in [-0.3, -0.25) is 4.79 Å². The van der Waals surface area contributed by atoms with Crippen molar-refractivity contribution in [3.63, 3.8) is 0 Å². The molecule has 3 nitrogen and oxygen atoms in total. The topological polar surface area (TPSA) is 33.2 Å². The van der Waals surface area contributed by atoms with Crippen LogP contribution in [-0.4, -0.2) is 47.8 Å². The molecule has 0 atom stereocenters. The van der Waals surface area contributed by atoms with E-state index in [1.165, 1.54) is 0 Å². The zero-order valence-electron chi connectivity index (χ0n) is 12.1. The van der Waals surface area contributed by atoms with Crippen LogP contribution in [0.15, 0.2) is 22.2 Å². The Morgan fingerprint density at radius 1 is 1.16 bits per heavy atom. The van der Waals surface area contributed by atoms with Gasteiger partial charge in [0.25, 0.3) is 0 Å². The quantitative estimate of drug-likeness (QED) is 0.542. The molecule has 0 bridgehead atoms. The highest BCUT2D eigenvalue weighted by Gasteiger charge is 2.10. The summed E-state index contributed by atoms with van der Waals surface area (Å²) < 4.78 is 0. The van der Waals surface area contributed by atoms with Crippen molar-refractivity contribution < 1.29 is 4.79 Å². The standard InChI is InChI=1S/C14H22N2OS2/c1-5-18-13-9-11(10-14(15-13)19-6-2)12(17)7-8-16(3)4/h9-10H,5-8H2,1-4H3. The van der Waals surface area contributed by atoms with Gasteiger partial charge in [0.1, 0.15) is 0 Å². The summed E-state index contributed by atoms with van der Waals surface area (Å²) in [5.74, 6) is 2.14. The number of thioether (sulfide) groups is 2. The maximum absolute atomic E-state index is 12.2. The van der Waals surface area contributed by atoms with Gasteiger partial charge < -0.3 is 4.90 Å². The van der Waals surface area contributed by atoms with E-state index in [0.29, 0.717) is 6.42 Å². The molecule has 0 amide bonds. The highest BCUT2D eigenvalue weighted by Crippen LogP contribution is 2.24. The fourth-order valence-corrected chi connectivity index (χ4v) is 2.95. The minimum absolute atomic E-state index is 0.201. The zero-order chi connectivity index (χ0) is 14.3. The van der Waals surface area contributed by atoms with Crippen molar-refractivity contribution >= 4 is 29.3 Å². The first-order valence-electron chi connectivity index (χ1n) is 6.52. The van der Waals surface area contributed by atoms with Gasteiger partial charge in [-0.15, -0.1) is 23.5 Å². The molecule has 0 unspecified atom stereocenters. The molecule has 0 saturated heterocycles. The first kappa shape index (κ1) is 16.5. The van der Waals surface area contributed by atoms with Crippen molar-refractivity contribution in [1.29, 1.82) is 0 Å². The number of nitrogens with zero attached hydrogens (tertiary/aromatic N) is 2. The predicted octanol–water partition coefficient (Wildman–Crippen LogP) is 3.44.